The molecule has 0 aromatic carbocycles. The van der Waals surface area contributed by atoms with Gasteiger partial charge in [-0.1, -0.05) is 213 Å². The fourth-order valence-corrected chi connectivity index (χ4v) is 7.71. The van der Waals surface area contributed by atoms with Gasteiger partial charge in [-0.05, 0) is 12.8 Å². The third-order valence-corrected chi connectivity index (χ3v) is 11.7. The minimum absolute atomic E-state index is 0.0940. The molecule has 0 aliphatic rings. The van der Waals surface area contributed by atoms with Crippen molar-refractivity contribution < 1.29 is 37.3 Å². The molecule has 0 aromatic rings. The highest BCUT2D eigenvalue weighted by molar-refractivity contribution is 7.47. The number of likely N-dealkylation sites (N-methyl/N-ethyl adjacent to an activating group) is 1. The van der Waals surface area contributed by atoms with E-state index in [1.54, 1.807) is 0 Å². The number of esters is 1. The summed E-state index contributed by atoms with van der Waals surface area (Å²) >= 11 is 0. The zero-order valence-electron chi connectivity index (χ0n) is 37.4. The zero-order chi connectivity index (χ0) is 40.6. The molecule has 0 aliphatic carbocycles. The Hall–Kier alpha value is -0.500. The topological polar surface area (TPSA) is 91.3 Å². The monoisotopic (exact) mass is 805 g/mol. The highest BCUT2D eigenvalue weighted by atomic mass is 31.2. The van der Waals surface area contributed by atoms with Crippen molar-refractivity contribution in [3.63, 3.8) is 0 Å². The van der Waals surface area contributed by atoms with E-state index in [1.165, 1.54) is 180 Å². The van der Waals surface area contributed by atoms with E-state index in [2.05, 4.69) is 13.8 Å². The molecule has 0 saturated carbocycles. The maximum absolute atomic E-state index is 12.7. The molecule has 1 N–H and O–H groups in total. The van der Waals surface area contributed by atoms with Crippen molar-refractivity contribution in [2.75, 3.05) is 54.1 Å². The van der Waals surface area contributed by atoms with E-state index in [4.69, 9.17) is 18.5 Å². The van der Waals surface area contributed by atoms with E-state index in [-0.39, 0.29) is 25.8 Å². The predicted molar refractivity (Wildman–Crippen MR) is 234 cm³/mol. The molecule has 9 heteroatoms. The van der Waals surface area contributed by atoms with Gasteiger partial charge in [0.15, 0.2) is 0 Å². The first-order chi connectivity index (χ1) is 26.6. The van der Waals surface area contributed by atoms with E-state index in [0.29, 0.717) is 24.1 Å². The Morgan fingerprint density at radius 3 is 1.20 bits per heavy atom. The van der Waals surface area contributed by atoms with Crippen LogP contribution in [0.25, 0.3) is 0 Å². The highest BCUT2D eigenvalue weighted by Crippen LogP contribution is 2.43. The number of nitrogens with zero attached hydrogens (tertiary/aromatic N) is 1. The minimum Gasteiger partial charge on any atom is -0.457 e. The molecule has 0 radical (unpaired) electrons. The Labute approximate surface area is 342 Å². The van der Waals surface area contributed by atoms with Crippen molar-refractivity contribution >= 4 is 13.8 Å². The molecule has 0 spiro atoms. The Morgan fingerprint density at radius 2 is 0.836 bits per heavy atom. The highest BCUT2D eigenvalue weighted by Gasteiger charge is 2.26. The second-order valence-electron chi connectivity index (χ2n) is 17.5. The quantitative estimate of drug-likeness (QED) is 0.0284. The second kappa shape index (κ2) is 40.3. The number of carbonyl (C=O) groups is 1. The molecular formula is C46H95NO7P+. The Bertz CT molecular complexity index is 853. The average Bonchev–Trinajstić information content (AvgIpc) is 3.13. The summed E-state index contributed by atoms with van der Waals surface area (Å²) < 4.78 is 35.1. The number of hydrogen-bond donors (Lipinski definition) is 1. The van der Waals surface area contributed by atoms with Gasteiger partial charge in [-0.2, -0.15) is 0 Å². The molecule has 0 aromatic heterocycles. The Morgan fingerprint density at radius 1 is 0.491 bits per heavy atom. The molecule has 2 unspecified atom stereocenters. The molecule has 0 bridgehead atoms. The van der Waals surface area contributed by atoms with Gasteiger partial charge in [-0.25, -0.2) is 4.57 Å². The standard InChI is InChI=1S/C46H94NO7P/c1-6-8-10-12-14-16-18-20-22-24-26-28-30-32-34-36-38-41-51-43-45(44-53-55(49,50)52-42-40-47(3,4)5)54-46(48)39-37-35-33-31-29-27-25-23-21-19-17-15-13-11-9-7-2/h45H,6-44H2,1-5H3/p+1. The normalized spacial score (nSPS) is 13.6. The lowest BCUT2D eigenvalue weighted by Gasteiger charge is -2.24. The number of quaternary nitrogens is 1. The van der Waals surface area contributed by atoms with E-state index in [1.807, 2.05) is 21.1 Å². The van der Waals surface area contributed by atoms with Crippen LogP contribution in [0.2, 0.25) is 0 Å². The van der Waals surface area contributed by atoms with Crippen LogP contribution in [0.5, 0.6) is 0 Å². The second-order valence-corrected chi connectivity index (χ2v) is 19.0. The summed E-state index contributed by atoms with van der Waals surface area (Å²) in [5.41, 5.74) is 0. The molecule has 330 valence electrons. The third kappa shape index (κ3) is 44.4. The Balaban J connectivity index is 4.14. The number of hydrogen-bond acceptors (Lipinski definition) is 6. The van der Waals surface area contributed by atoms with Crippen molar-refractivity contribution in [3.05, 3.63) is 0 Å². The van der Waals surface area contributed by atoms with Crippen LogP contribution in [0.1, 0.15) is 232 Å². The first kappa shape index (κ1) is 54.5. The summed E-state index contributed by atoms with van der Waals surface area (Å²) in [6, 6.07) is 0. The van der Waals surface area contributed by atoms with Crippen LogP contribution in [0.3, 0.4) is 0 Å². The number of phosphoric ester groups is 1. The largest absolute Gasteiger partial charge is 0.472 e. The molecule has 2 atom stereocenters. The number of phosphoric acid groups is 1. The van der Waals surface area contributed by atoms with Gasteiger partial charge in [-0.15, -0.1) is 0 Å². The van der Waals surface area contributed by atoms with E-state index in [9.17, 15) is 14.3 Å². The summed E-state index contributed by atoms with van der Waals surface area (Å²) in [5, 5.41) is 0. The summed E-state index contributed by atoms with van der Waals surface area (Å²) in [6.07, 6.45) is 42.7. The van der Waals surface area contributed by atoms with E-state index < -0.39 is 13.9 Å². The van der Waals surface area contributed by atoms with Crippen LogP contribution in [0.4, 0.5) is 0 Å². The summed E-state index contributed by atoms with van der Waals surface area (Å²) in [4.78, 5) is 22.9. The van der Waals surface area contributed by atoms with Crippen molar-refractivity contribution in [2.45, 2.75) is 238 Å². The average molecular weight is 805 g/mol. The van der Waals surface area contributed by atoms with Gasteiger partial charge in [0, 0.05) is 13.0 Å². The Kier molecular flexibility index (Phi) is 39.9. The van der Waals surface area contributed by atoms with E-state index >= 15 is 0 Å². The first-order valence-corrected chi connectivity index (χ1v) is 25.3. The van der Waals surface area contributed by atoms with Crippen LogP contribution < -0.4 is 0 Å². The van der Waals surface area contributed by atoms with Gasteiger partial charge < -0.3 is 18.9 Å². The summed E-state index contributed by atoms with van der Waals surface area (Å²) in [6.45, 7) is 5.69. The smallest absolute Gasteiger partial charge is 0.457 e. The van der Waals surface area contributed by atoms with Crippen LogP contribution in [0, 0.1) is 0 Å². The zero-order valence-corrected chi connectivity index (χ0v) is 38.3. The lowest BCUT2D eigenvalue weighted by atomic mass is 10.0. The molecule has 0 amide bonds. The van der Waals surface area contributed by atoms with Crippen molar-refractivity contribution in [1.82, 2.24) is 0 Å². The van der Waals surface area contributed by atoms with Gasteiger partial charge >= 0.3 is 13.8 Å². The van der Waals surface area contributed by atoms with Gasteiger partial charge in [0.25, 0.3) is 0 Å². The van der Waals surface area contributed by atoms with Crippen molar-refractivity contribution in [3.8, 4) is 0 Å². The van der Waals surface area contributed by atoms with Gasteiger partial charge in [-0.3, -0.25) is 13.8 Å². The lowest BCUT2D eigenvalue weighted by Crippen LogP contribution is -2.37. The predicted octanol–water partition coefficient (Wildman–Crippen LogP) is 14.1. The molecule has 0 fully saturated rings. The van der Waals surface area contributed by atoms with E-state index in [0.717, 1.165) is 32.1 Å². The number of ether oxygens (including phenoxy) is 2. The van der Waals surface area contributed by atoms with Crippen molar-refractivity contribution in [2.24, 2.45) is 0 Å². The SMILES string of the molecule is CCCCCCCCCCCCCCCCCCCOCC(COP(=O)(O)OCC[N+](C)(C)C)OC(=O)CCCCCCCCCCCCCCCCCC. The number of carbonyl (C=O) groups excluding carboxylic acids is 1. The molecule has 0 aliphatic heterocycles. The van der Waals surface area contributed by atoms with Gasteiger partial charge in [0.05, 0.1) is 34.4 Å². The number of unbranched alkanes of at least 4 members (excludes halogenated alkanes) is 31. The lowest BCUT2D eigenvalue weighted by molar-refractivity contribution is -0.870. The first-order valence-electron chi connectivity index (χ1n) is 23.8. The van der Waals surface area contributed by atoms with Crippen LogP contribution in [0.15, 0.2) is 0 Å². The van der Waals surface area contributed by atoms with Crippen LogP contribution >= 0.6 is 7.82 Å². The summed E-state index contributed by atoms with van der Waals surface area (Å²) in [7, 11) is 1.69. The minimum atomic E-state index is -4.27. The number of rotatable bonds is 45. The molecule has 0 heterocycles. The fourth-order valence-electron chi connectivity index (χ4n) is 6.97. The van der Waals surface area contributed by atoms with Crippen molar-refractivity contribution in [1.29, 1.82) is 0 Å². The maximum Gasteiger partial charge on any atom is 0.472 e. The van der Waals surface area contributed by atoms with Gasteiger partial charge in [0.2, 0.25) is 0 Å². The van der Waals surface area contributed by atoms with Crippen LogP contribution in [-0.2, 0) is 27.9 Å². The molecule has 8 nitrogen and oxygen atoms in total. The molecular weight excluding hydrogens is 709 g/mol. The maximum atomic E-state index is 12.7. The van der Waals surface area contributed by atoms with Crippen LogP contribution in [-0.4, -0.2) is 75.6 Å². The summed E-state index contributed by atoms with van der Waals surface area (Å²) in [5.74, 6) is -0.306. The molecule has 55 heavy (non-hydrogen) atoms. The fraction of sp³-hybridized carbons (Fsp3) is 0.978. The molecule has 0 saturated heterocycles. The molecule has 0 rings (SSSR count). The van der Waals surface area contributed by atoms with Gasteiger partial charge in [0.1, 0.15) is 19.3 Å². The third-order valence-electron chi connectivity index (χ3n) is 10.7.